The smallest absolute Gasteiger partial charge is 0.217 e. The Morgan fingerprint density at radius 3 is 2.53 bits per heavy atom. The molecule has 17 heavy (non-hydrogen) atoms. The summed E-state index contributed by atoms with van der Waals surface area (Å²) in [5, 5.41) is 0. The van der Waals surface area contributed by atoms with Crippen molar-refractivity contribution in [1.29, 1.82) is 0 Å². The molecule has 3 nitrogen and oxygen atoms in total. The van der Waals surface area contributed by atoms with Crippen molar-refractivity contribution in [2.75, 3.05) is 0 Å². The van der Waals surface area contributed by atoms with E-state index in [0.29, 0.717) is 5.56 Å². The van der Waals surface area contributed by atoms with Gasteiger partial charge in [-0.05, 0) is 12.1 Å². The third-order valence-electron chi connectivity index (χ3n) is 1.91. The molecule has 0 bridgehead atoms. The molecule has 0 fully saturated rings. The van der Waals surface area contributed by atoms with E-state index in [4.69, 9.17) is 34.8 Å². The zero-order valence-corrected chi connectivity index (χ0v) is 10.5. The van der Waals surface area contributed by atoms with Crippen molar-refractivity contribution in [2.45, 2.75) is 3.79 Å². The minimum absolute atomic E-state index is 0.00300. The van der Waals surface area contributed by atoms with E-state index in [-0.39, 0.29) is 11.6 Å². The van der Waals surface area contributed by atoms with Crippen LogP contribution in [0.3, 0.4) is 0 Å². The van der Waals surface area contributed by atoms with E-state index < -0.39 is 9.61 Å². The molecule has 0 unspecified atom stereocenters. The van der Waals surface area contributed by atoms with Crippen LogP contribution in [0.25, 0.3) is 11.4 Å². The molecule has 1 heterocycles. The molecule has 0 amide bonds. The topological polar surface area (TPSA) is 38.7 Å². The molecule has 0 saturated carbocycles. The van der Waals surface area contributed by atoms with Gasteiger partial charge >= 0.3 is 0 Å². The molecule has 0 aliphatic heterocycles. The Labute approximate surface area is 112 Å². The SMILES string of the molecule is Fc1cccc(-c2ncnc(C(Cl)(Cl)Cl)n2)c1. The fourth-order valence-electron chi connectivity index (χ4n) is 1.20. The number of nitrogens with zero attached hydrogens (tertiary/aromatic N) is 3. The van der Waals surface area contributed by atoms with E-state index in [0.717, 1.165) is 0 Å². The molecule has 1 aromatic heterocycles. The Bertz CT molecular complexity index is 542. The first kappa shape index (κ1) is 12.5. The number of hydrogen-bond donors (Lipinski definition) is 0. The summed E-state index contributed by atoms with van der Waals surface area (Å²) in [4.78, 5) is 11.6. The minimum Gasteiger partial charge on any atom is -0.217 e. The molecule has 0 atom stereocenters. The first-order chi connectivity index (χ1) is 7.97. The fourth-order valence-corrected chi connectivity index (χ4v) is 1.47. The third-order valence-corrected chi connectivity index (χ3v) is 2.42. The maximum atomic E-state index is 13.0. The van der Waals surface area contributed by atoms with Crippen LogP contribution in [0, 0.1) is 5.82 Å². The van der Waals surface area contributed by atoms with Crippen LogP contribution in [0.1, 0.15) is 5.82 Å². The molecule has 0 aliphatic carbocycles. The van der Waals surface area contributed by atoms with Gasteiger partial charge < -0.3 is 0 Å². The zero-order valence-electron chi connectivity index (χ0n) is 8.24. The maximum Gasteiger partial charge on any atom is 0.250 e. The van der Waals surface area contributed by atoms with Crippen LogP contribution in [0.5, 0.6) is 0 Å². The van der Waals surface area contributed by atoms with E-state index in [1.807, 2.05) is 0 Å². The number of hydrogen-bond acceptors (Lipinski definition) is 3. The summed E-state index contributed by atoms with van der Waals surface area (Å²) in [5.74, 6) is -0.143. The lowest BCUT2D eigenvalue weighted by Gasteiger charge is -2.09. The van der Waals surface area contributed by atoms with Gasteiger partial charge in [0.15, 0.2) is 11.6 Å². The van der Waals surface area contributed by atoms with Gasteiger partial charge in [-0.3, -0.25) is 0 Å². The third kappa shape index (κ3) is 3.03. The van der Waals surface area contributed by atoms with E-state index in [1.54, 1.807) is 12.1 Å². The Morgan fingerprint density at radius 1 is 1.12 bits per heavy atom. The summed E-state index contributed by atoms with van der Waals surface area (Å²) in [6.45, 7) is 0. The molecule has 7 heteroatoms. The number of rotatable bonds is 1. The van der Waals surface area contributed by atoms with Crippen LogP contribution < -0.4 is 0 Å². The van der Waals surface area contributed by atoms with Crippen molar-refractivity contribution in [3.05, 3.63) is 42.2 Å². The first-order valence-electron chi connectivity index (χ1n) is 4.49. The van der Waals surface area contributed by atoms with E-state index in [2.05, 4.69) is 15.0 Å². The Hall–Kier alpha value is -0.970. The largest absolute Gasteiger partial charge is 0.250 e. The quantitative estimate of drug-likeness (QED) is 0.755. The number of alkyl halides is 3. The van der Waals surface area contributed by atoms with Crippen molar-refractivity contribution in [3.63, 3.8) is 0 Å². The van der Waals surface area contributed by atoms with Gasteiger partial charge in [-0.25, -0.2) is 19.3 Å². The molecule has 1 aromatic carbocycles. The maximum absolute atomic E-state index is 13.0. The second-order valence-electron chi connectivity index (χ2n) is 3.14. The highest BCUT2D eigenvalue weighted by Gasteiger charge is 2.27. The molecular weight excluding hydrogens is 287 g/mol. The second-order valence-corrected chi connectivity index (χ2v) is 5.42. The van der Waals surface area contributed by atoms with E-state index >= 15 is 0 Å². The van der Waals surface area contributed by atoms with E-state index in [9.17, 15) is 4.39 Å². The predicted octanol–water partition coefficient (Wildman–Crippen LogP) is 3.50. The lowest BCUT2D eigenvalue weighted by molar-refractivity contribution is 0.628. The van der Waals surface area contributed by atoms with Crippen molar-refractivity contribution >= 4 is 34.8 Å². The van der Waals surface area contributed by atoms with Gasteiger partial charge in [0, 0.05) is 5.56 Å². The van der Waals surface area contributed by atoms with Gasteiger partial charge in [0.1, 0.15) is 12.1 Å². The Balaban J connectivity index is 2.47. The van der Waals surface area contributed by atoms with Crippen molar-refractivity contribution < 1.29 is 4.39 Å². The molecule has 0 N–H and O–H groups in total. The van der Waals surface area contributed by atoms with Gasteiger partial charge in [-0.15, -0.1) is 0 Å². The standard InChI is InChI=1S/C10H5Cl3FN3/c11-10(12,13)9-16-5-15-8(17-9)6-2-1-3-7(14)4-6/h1-5H. The lowest BCUT2D eigenvalue weighted by atomic mass is 10.2. The van der Waals surface area contributed by atoms with Gasteiger partial charge in [-0.1, -0.05) is 46.9 Å². The van der Waals surface area contributed by atoms with Crippen LogP contribution in [0.15, 0.2) is 30.6 Å². The molecule has 0 saturated heterocycles. The van der Waals surface area contributed by atoms with Gasteiger partial charge in [0.2, 0.25) is 3.79 Å². The van der Waals surface area contributed by atoms with Crippen LogP contribution in [-0.2, 0) is 3.79 Å². The number of halogens is 4. The second kappa shape index (κ2) is 4.72. The summed E-state index contributed by atoms with van der Waals surface area (Å²) in [7, 11) is 0. The number of aromatic nitrogens is 3. The highest BCUT2D eigenvalue weighted by Crippen LogP contribution is 2.35. The monoisotopic (exact) mass is 291 g/mol. The summed E-state index contributed by atoms with van der Waals surface area (Å²) >= 11 is 17.0. The Morgan fingerprint density at radius 2 is 1.88 bits per heavy atom. The van der Waals surface area contributed by atoms with Gasteiger partial charge in [0.25, 0.3) is 0 Å². The summed E-state index contributed by atoms with van der Waals surface area (Å²) in [5.41, 5.74) is 0.489. The van der Waals surface area contributed by atoms with Crippen molar-refractivity contribution in [2.24, 2.45) is 0 Å². The number of benzene rings is 1. The minimum atomic E-state index is -1.73. The summed E-state index contributed by atoms with van der Waals surface area (Å²) in [6, 6.07) is 5.81. The highest BCUT2D eigenvalue weighted by molar-refractivity contribution is 6.66. The average Bonchev–Trinajstić information content (AvgIpc) is 2.28. The Kier molecular flexibility index (Phi) is 3.47. The molecule has 88 valence electrons. The highest BCUT2D eigenvalue weighted by atomic mass is 35.6. The predicted molar refractivity (Wildman–Crippen MR) is 64.5 cm³/mol. The molecule has 2 rings (SSSR count). The molecule has 0 radical (unpaired) electrons. The van der Waals surface area contributed by atoms with Crippen molar-refractivity contribution in [3.8, 4) is 11.4 Å². The van der Waals surface area contributed by atoms with Crippen LogP contribution in [0.2, 0.25) is 0 Å². The normalized spacial score (nSPS) is 11.5. The lowest BCUT2D eigenvalue weighted by Crippen LogP contribution is -2.08. The molecular formula is C10H5Cl3FN3. The molecule has 2 aromatic rings. The average molecular weight is 293 g/mol. The first-order valence-corrected chi connectivity index (χ1v) is 5.62. The van der Waals surface area contributed by atoms with E-state index in [1.165, 1.54) is 18.5 Å². The van der Waals surface area contributed by atoms with Crippen LogP contribution in [0.4, 0.5) is 4.39 Å². The molecule has 0 spiro atoms. The van der Waals surface area contributed by atoms with Gasteiger partial charge in [-0.2, -0.15) is 0 Å². The molecule has 0 aliphatic rings. The summed E-state index contributed by atoms with van der Waals surface area (Å²) in [6.07, 6.45) is 1.21. The van der Waals surface area contributed by atoms with Crippen LogP contribution in [-0.4, -0.2) is 15.0 Å². The van der Waals surface area contributed by atoms with Gasteiger partial charge in [0.05, 0.1) is 0 Å². The fraction of sp³-hybridized carbons (Fsp3) is 0.100. The summed E-state index contributed by atoms with van der Waals surface area (Å²) < 4.78 is 11.3. The zero-order chi connectivity index (χ0) is 12.5. The van der Waals surface area contributed by atoms with Crippen LogP contribution >= 0.6 is 34.8 Å². The van der Waals surface area contributed by atoms with Crippen molar-refractivity contribution in [1.82, 2.24) is 15.0 Å².